The first kappa shape index (κ1) is 15.5. The fourth-order valence-electron chi connectivity index (χ4n) is 2.91. The topological polar surface area (TPSA) is 66.4 Å². The van der Waals surface area contributed by atoms with E-state index in [0.29, 0.717) is 12.5 Å². The summed E-state index contributed by atoms with van der Waals surface area (Å²) in [5, 5.41) is 11.9. The number of aliphatic carboxylic acids is 1. The van der Waals surface area contributed by atoms with Crippen LogP contribution in [0, 0.1) is 17.3 Å². The largest absolute Gasteiger partial charge is 0.481 e. The van der Waals surface area contributed by atoms with Gasteiger partial charge < -0.3 is 10.4 Å². The summed E-state index contributed by atoms with van der Waals surface area (Å²) in [6.45, 7) is 8.37. The molecule has 0 radical (unpaired) electrons. The molecular weight excluding hydrogens is 266 g/mol. The minimum Gasteiger partial charge on any atom is -0.481 e. The summed E-state index contributed by atoms with van der Waals surface area (Å²) in [5.41, 5.74) is 1.84. The molecule has 21 heavy (non-hydrogen) atoms. The van der Waals surface area contributed by atoms with E-state index in [1.54, 1.807) is 0 Å². The third-order valence-electron chi connectivity index (χ3n) is 4.49. The molecular formula is C17H23NO3. The summed E-state index contributed by atoms with van der Waals surface area (Å²) < 4.78 is 0. The second kappa shape index (κ2) is 5.51. The van der Waals surface area contributed by atoms with Crippen LogP contribution in [0.4, 0.5) is 0 Å². The number of benzene rings is 1. The van der Waals surface area contributed by atoms with Crippen LogP contribution in [0.25, 0.3) is 0 Å². The zero-order valence-corrected chi connectivity index (χ0v) is 13.0. The molecule has 4 nitrogen and oxygen atoms in total. The molecule has 2 atom stereocenters. The van der Waals surface area contributed by atoms with Crippen molar-refractivity contribution in [3.63, 3.8) is 0 Å². The molecule has 1 aromatic carbocycles. The molecule has 0 bridgehead atoms. The summed E-state index contributed by atoms with van der Waals surface area (Å²) in [6, 6.07) is 8.13. The Morgan fingerprint density at radius 2 is 1.76 bits per heavy atom. The van der Waals surface area contributed by atoms with Crippen LogP contribution in [0.15, 0.2) is 24.3 Å². The summed E-state index contributed by atoms with van der Waals surface area (Å²) in [6.07, 6.45) is 0. The van der Waals surface area contributed by atoms with Crippen LogP contribution in [0.5, 0.6) is 0 Å². The molecule has 0 unspecified atom stereocenters. The fraction of sp³-hybridized carbons (Fsp3) is 0.529. The number of hydrogen-bond acceptors (Lipinski definition) is 2. The first-order chi connectivity index (χ1) is 9.75. The summed E-state index contributed by atoms with van der Waals surface area (Å²) in [4.78, 5) is 23.2. The van der Waals surface area contributed by atoms with E-state index in [0.717, 1.165) is 5.56 Å². The Morgan fingerprint density at radius 1 is 1.19 bits per heavy atom. The van der Waals surface area contributed by atoms with Gasteiger partial charge in [-0.25, -0.2) is 0 Å². The Bertz CT molecular complexity index is 546. The Labute approximate surface area is 125 Å². The molecule has 2 N–H and O–H groups in total. The fourth-order valence-corrected chi connectivity index (χ4v) is 2.91. The second-order valence-corrected chi connectivity index (χ2v) is 6.73. The molecule has 0 aromatic heterocycles. The monoisotopic (exact) mass is 289 g/mol. The van der Waals surface area contributed by atoms with Crippen LogP contribution in [0.2, 0.25) is 0 Å². The van der Waals surface area contributed by atoms with Crippen LogP contribution in [-0.4, -0.2) is 17.0 Å². The maximum absolute atomic E-state index is 12.1. The molecule has 1 saturated carbocycles. The van der Waals surface area contributed by atoms with E-state index in [1.807, 2.05) is 26.0 Å². The Hall–Kier alpha value is -1.84. The number of hydrogen-bond donors (Lipinski definition) is 2. The maximum Gasteiger partial charge on any atom is 0.307 e. The normalized spacial score (nSPS) is 22.9. The van der Waals surface area contributed by atoms with Gasteiger partial charge in [-0.15, -0.1) is 0 Å². The van der Waals surface area contributed by atoms with Gasteiger partial charge in [0, 0.05) is 6.54 Å². The molecule has 0 aliphatic heterocycles. The van der Waals surface area contributed by atoms with Crippen molar-refractivity contribution in [2.24, 2.45) is 17.3 Å². The van der Waals surface area contributed by atoms with Gasteiger partial charge >= 0.3 is 5.97 Å². The molecule has 0 saturated heterocycles. The SMILES string of the molecule is CC(C)c1ccc(CNC(=O)[C@H]2[C@@H](C(=O)O)C2(C)C)cc1. The van der Waals surface area contributed by atoms with E-state index in [9.17, 15) is 9.59 Å². The molecule has 1 amide bonds. The standard InChI is InChI=1S/C17H23NO3/c1-10(2)12-7-5-11(6-8-12)9-18-15(19)13-14(16(20)21)17(13,3)4/h5-8,10,13-14H,9H2,1-4H3,(H,18,19)(H,20,21)/t13-,14+/m1/s1. The lowest BCUT2D eigenvalue weighted by molar-refractivity contribution is -0.140. The Balaban J connectivity index is 1.92. The van der Waals surface area contributed by atoms with E-state index in [2.05, 4.69) is 31.3 Å². The highest BCUT2D eigenvalue weighted by Crippen LogP contribution is 2.58. The van der Waals surface area contributed by atoms with Gasteiger partial charge in [0.15, 0.2) is 0 Å². The highest BCUT2D eigenvalue weighted by molar-refractivity contribution is 5.91. The first-order valence-electron chi connectivity index (χ1n) is 7.34. The van der Waals surface area contributed by atoms with Gasteiger partial charge in [-0.3, -0.25) is 9.59 Å². The van der Waals surface area contributed by atoms with Crippen LogP contribution < -0.4 is 5.32 Å². The minimum absolute atomic E-state index is 0.166. The third-order valence-corrected chi connectivity index (χ3v) is 4.49. The zero-order chi connectivity index (χ0) is 15.8. The molecule has 1 aliphatic carbocycles. The summed E-state index contributed by atoms with van der Waals surface area (Å²) in [7, 11) is 0. The lowest BCUT2D eigenvalue weighted by atomic mass is 10.0. The average molecular weight is 289 g/mol. The van der Waals surface area contributed by atoms with Crippen molar-refractivity contribution in [2.75, 3.05) is 0 Å². The van der Waals surface area contributed by atoms with Gasteiger partial charge in [0.1, 0.15) is 0 Å². The van der Waals surface area contributed by atoms with Crippen molar-refractivity contribution in [1.29, 1.82) is 0 Å². The number of carbonyl (C=O) groups is 2. The van der Waals surface area contributed by atoms with Crippen LogP contribution in [-0.2, 0) is 16.1 Å². The van der Waals surface area contributed by atoms with E-state index >= 15 is 0 Å². The zero-order valence-electron chi connectivity index (χ0n) is 13.0. The summed E-state index contributed by atoms with van der Waals surface area (Å²) in [5.74, 6) is -1.57. The van der Waals surface area contributed by atoms with E-state index in [-0.39, 0.29) is 5.91 Å². The van der Waals surface area contributed by atoms with Gasteiger partial charge in [-0.05, 0) is 22.5 Å². The lowest BCUT2D eigenvalue weighted by Gasteiger charge is -2.09. The van der Waals surface area contributed by atoms with Gasteiger partial charge in [-0.1, -0.05) is 52.0 Å². The molecule has 0 heterocycles. The van der Waals surface area contributed by atoms with Gasteiger partial charge in [-0.2, -0.15) is 0 Å². The molecule has 1 aromatic rings. The van der Waals surface area contributed by atoms with Crippen molar-refractivity contribution in [3.8, 4) is 0 Å². The molecule has 4 heteroatoms. The maximum atomic E-state index is 12.1. The second-order valence-electron chi connectivity index (χ2n) is 6.73. The van der Waals surface area contributed by atoms with E-state index < -0.39 is 23.2 Å². The van der Waals surface area contributed by atoms with Crippen LogP contribution >= 0.6 is 0 Å². The number of carbonyl (C=O) groups excluding carboxylic acids is 1. The van der Waals surface area contributed by atoms with Gasteiger partial charge in [0.2, 0.25) is 5.91 Å². The highest BCUT2D eigenvalue weighted by atomic mass is 16.4. The number of rotatable bonds is 5. The number of carboxylic acid groups (broad SMARTS) is 1. The van der Waals surface area contributed by atoms with Crippen molar-refractivity contribution in [1.82, 2.24) is 5.32 Å². The van der Waals surface area contributed by atoms with Gasteiger partial charge in [0.25, 0.3) is 0 Å². The van der Waals surface area contributed by atoms with Crippen molar-refractivity contribution in [3.05, 3.63) is 35.4 Å². The van der Waals surface area contributed by atoms with Crippen LogP contribution in [0.3, 0.4) is 0 Å². The molecule has 0 spiro atoms. The predicted molar refractivity (Wildman–Crippen MR) is 80.8 cm³/mol. The molecule has 1 aliphatic rings. The predicted octanol–water partition coefficient (Wildman–Crippen LogP) is 2.78. The lowest BCUT2D eigenvalue weighted by Crippen LogP contribution is -2.26. The van der Waals surface area contributed by atoms with Crippen molar-refractivity contribution >= 4 is 11.9 Å². The van der Waals surface area contributed by atoms with Crippen molar-refractivity contribution in [2.45, 2.75) is 40.2 Å². The minimum atomic E-state index is -0.888. The van der Waals surface area contributed by atoms with E-state index in [4.69, 9.17) is 5.11 Å². The molecule has 2 rings (SSSR count). The quantitative estimate of drug-likeness (QED) is 0.876. The molecule has 1 fully saturated rings. The number of amides is 1. The molecule has 114 valence electrons. The van der Waals surface area contributed by atoms with Crippen LogP contribution in [0.1, 0.15) is 44.7 Å². The highest BCUT2D eigenvalue weighted by Gasteiger charge is 2.65. The Kier molecular flexibility index (Phi) is 4.08. The van der Waals surface area contributed by atoms with Crippen molar-refractivity contribution < 1.29 is 14.7 Å². The first-order valence-corrected chi connectivity index (χ1v) is 7.34. The number of carboxylic acids is 1. The van der Waals surface area contributed by atoms with Gasteiger partial charge in [0.05, 0.1) is 11.8 Å². The number of nitrogens with one attached hydrogen (secondary N) is 1. The third kappa shape index (κ3) is 3.09. The average Bonchev–Trinajstić information content (AvgIpc) is 2.99. The summed E-state index contributed by atoms with van der Waals surface area (Å²) >= 11 is 0. The Morgan fingerprint density at radius 3 is 2.19 bits per heavy atom. The smallest absolute Gasteiger partial charge is 0.307 e. The van der Waals surface area contributed by atoms with E-state index in [1.165, 1.54) is 5.56 Å².